The van der Waals surface area contributed by atoms with Gasteiger partial charge < -0.3 is 14.2 Å². The predicted molar refractivity (Wildman–Crippen MR) is 247 cm³/mol. The number of esters is 3. The zero-order chi connectivity index (χ0) is 42.3. The number of rotatable bonds is 40. The maximum absolute atomic E-state index is 12.7. The average molecular weight is 805 g/mol. The minimum Gasteiger partial charge on any atom is -0.462 e. The van der Waals surface area contributed by atoms with E-state index < -0.39 is 6.10 Å². The highest BCUT2D eigenvalue weighted by Crippen LogP contribution is 2.12. The highest BCUT2D eigenvalue weighted by atomic mass is 16.6. The zero-order valence-electron chi connectivity index (χ0n) is 37.3. The lowest BCUT2D eigenvalue weighted by molar-refractivity contribution is -0.167. The van der Waals surface area contributed by atoms with Crippen LogP contribution in [0.15, 0.2) is 97.2 Å². The molecular formula is C52H84O6. The summed E-state index contributed by atoms with van der Waals surface area (Å²) in [5.41, 5.74) is 0. The number of carbonyl (C=O) groups excluding carboxylic acids is 3. The van der Waals surface area contributed by atoms with Gasteiger partial charge >= 0.3 is 17.9 Å². The third kappa shape index (κ3) is 43.5. The Labute approximate surface area is 356 Å². The number of hydrogen-bond donors (Lipinski definition) is 0. The molecule has 0 aliphatic rings. The van der Waals surface area contributed by atoms with Gasteiger partial charge in [-0.3, -0.25) is 14.4 Å². The molecule has 1 atom stereocenters. The van der Waals surface area contributed by atoms with Crippen LogP contribution in [0.1, 0.15) is 194 Å². The van der Waals surface area contributed by atoms with E-state index in [0.29, 0.717) is 19.3 Å². The van der Waals surface area contributed by atoms with Crippen LogP contribution in [0.2, 0.25) is 0 Å². The summed E-state index contributed by atoms with van der Waals surface area (Å²) in [6.07, 6.45) is 59.6. The van der Waals surface area contributed by atoms with Gasteiger partial charge in [0.2, 0.25) is 0 Å². The van der Waals surface area contributed by atoms with Crippen LogP contribution in [0, 0.1) is 0 Å². The SMILES string of the molecule is CC/C=C\C/C=C\C/C=C\C/C=C\CCCCCC(=O)OCC(COC(=O)CCCCCCC/C=C\C/C=C\CC)OC(=O)CCCCCCC/C=C\C/C=C\CC. The summed E-state index contributed by atoms with van der Waals surface area (Å²) in [5.74, 6) is -0.973. The summed E-state index contributed by atoms with van der Waals surface area (Å²) < 4.78 is 16.7. The first-order chi connectivity index (χ1) is 28.5. The molecule has 0 aromatic carbocycles. The van der Waals surface area contributed by atoms with Gasteiger partial charge in [0.15, 0.2) is 6.10 Å². The van der Waals surface area contributed by atoms with E-state index in [2.05, 4.69) is 118 Å². The van der Waals surface area contributed by atoms with Crippen molar-refractivity contribution in [1.29, 1.82) is 0 Å². The van der Waals surface area contributed by atoms with Gasteiger partial charge in [0.25, 0.3) is 0 Å². The van der Waals surface area contributed by atoms with Crippen LogP contribution in [0.3, 0.4) is 0 Å². The molecule has 1 unspecified atom stereocenters. The molecular weight excluding hydrogens is 721 g/mol. The van der Waals surface area contributed by atoms with Gasteiger partial charge in [-0.15, -0.1) is 0 Å². The topological polar surface area (TPSA) is 78.9 Å². The first-order valence-electron chi connectivity index (χ1n) is 23.2. The van der Waals surface area contributed by atoms with Crippen molar-refractivity contribution in [3.8, 4) is 0 Å². The van der Waals surface area contributed by atoms with Crippen molar-refractivity contribution in [3.05, 3.63) is 97.2 Å². The molecule has 6 nitrogen and oxygen atoms in total. The lowest BCUT2D eigenvalue weighted by Gasteiger charge is -2.18. The first-order valence-corrected chi connectivity index (χ1v) is 23.2. The Kier molecular flexibility index (Phi) is 43.1. The molecule has 0 heterocycles. The standard InChI is InChI=1S/C52H84O6/c1-4-7-10-13-16-19-22-25-26-27-28-31-33-36-39-42-45-51(54)57-48-49(58-52(55)46-43-40-37-34-30-24-21-18-15-12-9-6-3)47-56-50(53)44-41-38-35-32-29-23-20-17-14-11-8-5-2/h7-12,16-21,25-26,28,31,49H,4-6,13-15,22-24,27,29-30,32-48H2,1-3H3/b10-7-,11-8-,12-9-,19-16-,20-17-,21-18-,26-25-,31-28-. The number of allylic oxidation sites excluding steroid dienone is 16. The van der Waals surface area contributed by atoms with Gasteiger partial charge in [-0.25, -0.2) is 0 Å². The highest BCUT2D eigenvalue weighted by molar-refractivity contribution is 5.71. The number of ether oxygens (including phenoxy) is 3. The van der Waals surface area contributed by atoms with Crippen molar-refractivity contribution < 1.29 is 28.6 Å². The normalized spacial score (nSPS) is 12.9. The van der Waals surface area contributed by atoms with Gasteiger partial charge in [-0.2, -0.15) is 0 Å². The zero-order valence-corrected chi connectivity index (χ0v) is 37.3. The number of carbonyl (C=O) groups is 3. The van der Waals surface area contributed by atoms with Gasteiger partial charge in [-0.1, -0.05) is 163 Å². The van der Waals surface area contributed by atoms with Crippen LogP contribution >= 0.6 is 0 Å². The van der Waals surface area contributed by atoms with Crippen molar-refractivity contribution in [2.45, 2.75) is 200 Å². The molecule has 58 heavy (non-hydrogen) atoms. The molecule has 0 amide bonds. The van der Waals surface area contributed by atoms with E-state index in [1.807, 2.05) is 0 Å². The van der Waals surface area contributed by atoms with E-state index in [0.717, 1.165) is 154 Å². The van der Waals surface area contributed by atoms with Crippen molar-refractivity contribution >= 4 is 17.9 Å². The lowest BCUT2D eigenvalue weighted by atomic mass is 10.1. The Morgan fingerprint density at radius 3 is 0.983 bits per heavy atom. The van der Waals surface area contributed by atoms with E-state index in [9.17, 15) is 14.4 Å². The fraction of sp³-hybridized carbons (Fsp3) is 0.635. The molecule has 0 aliphatic heterocycles. The van der Waals surface area contributed by atoms with Crippen LogP contribution in [0.4, 0.5) is 0 Å². The summed E-state index contributed by atoms with van der Waals surface area (Å²) in [6.45, 7) is 6.22. The molecule has 0 rings (SSSR count). The maximum Gasteiger partial charge on any atom is 0.306 e. The van der Waals surface area contributed by atoms with Crippen LogP contribution in [0.25, 0.3) is 0 Å². The molecule has 0 saturated heterocycles. The predicted octanol–water partition coefficient (Wildman–Crippen LogP) is 15.0. The Hall–Kier alpha value is -3.67. The summed E-state index contributed by atoms with van der Waals surface area (Å²) in [4.78, 5) is 37.8. The summed E-state index contributed by atoms with van der Waals surface area (Å²) >= 11 is 0. The summed E-state index contributed by atoms with van der Waals surface area (Å²) in [7, 11) is 0. The highest BCUT2D eigenvalue weighted by Gasteiger charge is 2.19. The Morgan fingerprint density at radius 1 is 0.345 bits per heavy atom. The molecule has 0 saturated carbocycles. The third-order valence-corrected chi connectivity index (χ3v) is 9.31. The summed E-state index contributed by atoms with van der Waals surface area (Å²) in [6, 6.07) is 0. The number of unbranched alkanes of at least 4 members (excludes halogenated alkanes) is 13. The molecule has 0 aliphatic carbocycles. The average Bonchev–Trinajstić information content (AvgIpc) is 3.22. The van der Waals surface area contributed by atoms with E-state index in [-0.39, 0.29) is 31.1 Å². The molecule has 0 bridgehead atoms. The first kappa shape index (κ1) is 54.3. The third-order valence-electron chi connectivity index (χ3n) is 9.31. The molecule has 328 valence electrons. The smallest absolute Gasteiger partial charge is 0.306 e. The van der Waals surface area contributed by atoms with Crippen molar-refractivity contribution in [2.24, 2.45) is 0 Å². The summed E-state index contributed by atoms with van der Waals surface area (Å²) in [5, 5.41) is 0. The van der Waals surface area contributed by atoms with Crippen LogP contribution < -0.4 is 0 Å². The molecule has 6 heteroatoms. The molecule has 0 N–H and O–H groups in total. The van der Waals surface area contributed by atoms with E-state index in [1.54, 1.807) is 0 Å². The Morgan fingerprint density at radius 2 is 0.621 bits per heavy atom. The van der Waals surface area contributed by atoms with Crippen molar-refractivity contribution in [3.63, 3.8) is 0 Å². The second-order valence-corrected chi connectivity index (χ2v) is 14.9. The molecule has 0 aromatic heterocycles. The minimum atomic E-state index is -0.803. The Balaban J connectivity index is 4.48. The minimum absolute atomic E-state index is 0.103. The fourth-order valence-corrected chi connectivity index (χ4v) is 5.92. The molecule has 0 radical (unpaired) electrons. The van der Waals surface area contributed by atoms with Crippen LogP contribution in [-0.4, -0.2) is 37.2 Å². The van der Waals surface area contributed by atoms with Crippen LogP contribution in [0.5, 0.6) is 0 Å². The van der Waals surface area contributed by atoms with Gasteiger partial charge in [0, 0.05) is 19.3 Å². The van der Waals surface area contributed by atoms with E-state index in [4.69, 9.17) is 14.2 Å². The largest absolute Gasteiger partial charge is 0.462 e. The maximum atomic E-state index is 12.7. The molecule has 0 fully saturated rings. The van der Waals surface area contributed by atoms with Gasteiger partial charge in [0.1, 0.15) is 13.2 Å². The quantitative estimate of drug-likeness (QED) is 0.0266. The van der Waals surface area contributed by atoms with Crippen molar-refractivity contribution in [2.75, 3.05) is 13.2 Å². The van der Waals surface area contributed by atoms with Gasteiger partial charge in [0.05, 0.1) is 0 Å². The van der Waals surface area contributed by atoms with Gasteiger partial charge in [-0.05, 0) is 109 Å². The molecule has 0 spiro atoms. The monoisotopic (exact) mass is 805 g/mol. The Bertz CT molecular complexity index is 1200. The lowest BCUT2D eigenvalue weighted by Crippen LogP contribution is -2.30. The molecule has 0 aromatic rings. The second kappa shape index (κ2) is 46.0. The number of hydrogen-bond acceptors (Lipinski definition) is 6. The second-order valence-electron chi connectivity index (χ2n) is 14.9. The van der Waals surface area contributed by atoms with E-state index in [1.165, 1.54) is 0 Å². The fourth-order valence-electron chi connectivity index (χ4n) is 5.92. The van der Waals surface area contributed by atoms with E-state index >= 15 is 0 Å². The van der Waals surface area contributed by atoms with Crippen LogP contribution in [-0.2, 0) is 28.6 Å². The van der Waals surface area contributed by atoms with Crippen molar-refractivity contribution in [1.82, 2.24) is 0 Å².